The molecule has 2 aromatic rings. The van der Waals surface area contributed by atoms with Gasteiger partial charge in [0.2, 0.25) is 0 Å². The number of carbonyl (C=O) groups excluding carboxylic acids is 1. The highest BCUT2D eigenvalue weighted by Gasteiger charge is 2.25. The molecule has 0 atom stereocenters. The zero-order chi connectivity index (χ0) is 13.2. The van der Waals surface area contributed by atoms with Gasteiger partial charge in [0.25, 0.3) is 5.91 Å². The summed E-state index contributed by atoms with van der Waals surface area (Å²) in [6, 6.07) is 16.8. The zero-order valence-corrected chi connectivity index (χ0v) is 10.8. The quantitative estimate of drug-likeness (QED) is 0.822. The highest BCUT2D eigenvalue weighted by molar-refractivity contribution is 6.30. The van der Waals surface area contributed by atoms with Gasteiger partial charge in [0.15, 0.2) is 0 Å². The van der Waals surface area contributed by atoms with E-state index >= 15 is 0 Å². The van der Waals surface area contributed by atoms with E-state index in [-0.39, 0.29) is 5.91 Å². The van der Waals surface area contributed by atoms with Crippen LogP contribution in [0.1, 0.15) is 12.0 Å². The van der Waals surface area contributed by atoms with Crippen LogP contribution in [0.25, 0.3) is 0 Å². The SMILES string of the molecule is O=C1CC(c2ccc(Cl)cc2)=NN1c1ccccc1. The third-order valence-electron chi connectivity index (χ3n) is 2.95. The molecule has 0 unspecified atom stereocenters. The van der Waals surface area contributed by atoms with Gasteiger partial charge in [0.05, 0.1) is 17.8 Å². The van der Waals surface area contributed by atoms with Crippen molar-refractivity contribution >= 4 is 28.9 Å². The van der Waals surface area contributed by atoms with Gasteiger partial charge < -0.3 is 0 Å². The maximum atomic E-state index is 12.0. The van der Waals surface area contributed by atoms with Crippen LogP contribution in [-0.4, -0.2) is 11.6 Å². The normalized spacial score (nSPS) is 14.7. The van der Waals surface area contributed by atoms with Gasteiger partial charge in [-0.25, -0.2) is 5.01 Å². The summed E-state index contributed by atoms with van der Waals surface area (Å²) in [5.41, 5.74) is 2.48. The third kappa shape index (κ3) is 2.37. The van der Waals surface area contributed by atoms with E-state index in [0.29, 0.717) is 11.4 Å². The summed E-state index contributed by atoms with van der Waals surface area (Å²) >= 11 is 5.85. The summed E-state index contributed by atoms with van der Waals surface area (Å²) in [5.74, 6) is -0.0175. The lowest BCUT2D eigenvalue weighted by Gasteiger charge is -2.10. The Kier molecular flexibility index (Phi) is 3.05. The molecule has 1 amide bonds. The first kappa shape index (κ1) is 11.9. The minimum Gasteiger partial charge on any atom is -0.272 e. The van der Waals surface area contributed by atoms with Crippen molar-refractivity contribution in [2.45, 2.75) is 6.42 Å². The second-order valence-electron chi connectivity index (χ2n) is 4.27. The van der Waals surface area contributed by atoms with E-state index in [0.717, 1.165) is 17.0 Å². The van der Waals surface area contributed by atoms with Crippen molar-refractivity contribution in [1.29, 1.82) is 0 Å². The predicted octanol–water partition coefficient (Wildman–Crippen LogP) is 3.48. The standard InChI is InChI=1S/C15H11ClN2O/c16-12-8-6-11(7-9-12)14-10-15(19)18(17-14)13-4-2-1-3-5-13/h1-9H,10H2. The van der Waals surface area contributed by atoms with Crippen LogP contribution in [0.4, 0.5) is 5.69 Å². The number of carbonyl (C=O) groups is 1. The Bertz CT molecular complexity index is 635. The minimum atomic E-state index is -0.0175. The van der Waals surface area contributed by atoms with Gasteiger partial charge in [0.1, 0.15) is 0 Å². The van der Waals surface area contributed by atoms with Crippen LogP contribution in [0.15, 0.2) is 59.7 Å². The molecule has 0 radical (unpaired) electrons. The minimum absolute atomic E-state index is 0.0175. The summed E-state index contributed by atoms with van der Waals surface area (Å²) in [6.45, 7) is 0. The van der Waals surface area contributed by atoms with E-state index in [4.69, 9.17) is 11.6 Å². The van der Waals surface area contributed by atoms with Crippen LogP contribution < -0.4 is 5.01 Å². The average Bonchev–Trinajstić information content (AvgIpc) is 2.83. The van der Waals surface area contributed by atoms with Gasteiger partial charge >= 0.3 is 0 Å². The first-order valence-electron chi connectivity index (χ1n) is 5.95. The van der Waals surface area contributed by atoms with E-state index in [1.807, 2.05) is 42.5 Å². The molecular formula is C15H11ClN2O. The Balaban J connectivity index is 1.93. The van der Waals surface area contributed by atoms with Crippen LogP contribution in [0.3, 0.4) is 0 Å². The Hall–Kier alpha value is -2.13. The molecular weight excluding hydrogens is 260 g/mol. The van der Waals surface area contributed by atoms with Crippen LogP contribution >= 0.6 is 11.6 Å². The first-order chi connectivity index (χ1) is 9.24. The Morgan fingerprint density at radius 3 is 2.37 bits per heavy atom. The van der Waals surface area contributed by atoms with Crippen LogP contribution in [-0.2, 0) is 4.79 Å². The van der Waals surface area contributed by atoms with Gasteiger partial charge in [0, 0.05) is 5.02 Å². The van der Waals surface area contributed by atoms with Crippen molar-refractivity contribution < 1.29 is 4.79 Å². The topological polar surface area (TPSA) is 32.7 Å². The summed E-state index contributed by atoms with van der Waals surface area (Å²) in [5, 5.41) is 6.52. The Morgan fingerprint density at radius 2 is 1.68 bits per heavy atom. The number of benzene rings is 2. The highest BCUT2D eigenvalue weighted by Crippen LogP contribution is 2.23. The lowest BCUT2D eigenvalue weighted by molar-refractivity contribution is -0.116. The zero-order valence-electron chi connectivity index (χ0n) is 10.1. The fourth-order valence-electron chi connectivity index (χ4n) is 2.00. The Morgan fingerprint density at radius 1 is 1.00 bits per heavy atom. The molecule has 0 bridgehead atoms. The van der Waals surface area contributed by atoms with E-state index in [9.17, 15) is 4.79 Å². The molecule has 19 heavy (non-hydrogen) atoms. The predicted molar refractivity (Wildman–Crippen MR) is 76.5 cm³/mol. The number of amides is 1. The van der Waals surface area contributed by atoms with E-state index in [2.05, 4.69) is 5.10 Å². The lowest BCUT2D eigenvalue weighted by atomic mass is 10.1. The van der Waals surface area contributed by atoms with Crippen molar-refractivity contribution in [2.75, 3.05) is 5.01 Å². The molecule has 1 aliphatic heterocycles. The molecule has 0 saturated heterocycles. The van der Waals surface area contributed by atoms with Gasteiger partial charge in [-0.15, -0.1) is 0 Å². The number of nitrogens with zero attached hydrogens (tertiary/aromatic N) is 2. The number of para-hydroxylation sites is 1. The van der Waals surface area contributed by atoms with Gasteiger partial charge in [-0.2, -0.15) is 5.10 Å². The molecule has 0 fully saturated rings. The van der Waals surface area contributed by atoms with E-state index in [1.54, 1.807) is 12.1 Å². The summed E-state index contributed by atoms with van der Waals surface area (Å²) in [7, 11) is 0. The smallest absolute Gasteiger partial charge is 0.253 e. The molecule has 1 aliphatic rings. The molecule has 0 saturated carbocycles. The second kappa shape index (κ2) is 4.86. The van der Waals surface area contributed by atoms with Crippen molar-refractivity contribution in [3.8, 4) is 0 Å². The molecule has 0 spiro atoms. The van der Waals surface area contributed by atoms with Gasteiger partial charge in [-0.1, -0.05) is 41.9 Å². The monoisotopic (exact) mass is 270 g/mol. The molecule has 0 N–H and O–H groups in total. The van der Waals surface area contributed by atoms with Crippen LogP contribution in [0.5, 0.6) is 0 Å². The second-order valence-corrected chi connectivity index (χ2v) is 4.71. The number of hydrogen-bond donors (Lipinski definition) is 0. The lowest BCUT2D eigenvalue weighted by Crippen LogP contribution is -2.19. The summed E-state index contributed by atoms with van der Waals surface area (Å²) in [4.78, 5) is 12.0. The van der Waals surface area contributed by atoms with E-state index in [1.165, 1.54) is 5.01 Å². The van der Waals surface area contributed by atoms with Gasteiger partial charge in [-0.05, 0) is 29.8 Å². The number of hydrazone groups is 1. The molecule has 3 nitrogen and oxygen atoms in total. The molecule has 4 heteroatoms. The molecule has 1 heterocycles. The molecule has 94 valence electrons. The van der Waals surface area contributed by atoms with Crippen molar-refractivity contribution in [3.05, 3.63) is 65.2 Å². The van der Waals surface area contributed by atoms with Crippen LogP contribution in [0, 0.1) is 0 Å². The number of anilines is 1. The first-order valence-corrected chi connectivity index (χ1v) is 6.33. The number of rotatable bonds is 2. The van der Waals surface area contributed by atoms with Gasteiger partial charge in [-0.3, -0.25) is 4.79 Å². The van der Waals surface area contributed by atoms with Crippen LogP contribution in [0.2, 0.25) is 5.02 Å². The summed E-state index contributed by atoms with van der Waals surface area (Å²) < 4.78 is 0. The Labute approximate surface area is 116 Å². The summed E-state index contributed by atoms with van der Waals surface area (Å²) in [6.07, 6.45) is 0.316. The van der Waals surface area contributed by atoms with Crippen molar-refractivity contribution in [2.24, 2.45) is 5.10 Å². The third-order valence-corrected chi connectivity index (χ3v) is 3.21. The fourth-order valence-corrected chi connectivity index (χ4v) is 2.13. The molecule has 0 aliphatic carbocycles. The fraction of sp³-hybridized carbons (Fsp3) is 0.0667. The number of hydrogen-bond acceptors (Lipinski definition) is 2. The maximum absolute atomic E-state index is 12.0. The van der Waals surface area contributed by atoms with E-state index < -0.39 is 0 Å². The maximum Gasteiger partial charge on any atom is 0.253 e. The van der Waals surface area contributed by atoms with Crippen molar-refractivity contribution in [3.63, 3.8) is 0 Å². The molecule has 2 aromatic carbocycles. The average molecular weight is 271 g/mol. The number of halogens is 1. The van der Waals surface area contributed by atoms with Crippen molar-refractivity contribution in [1.82, 2.24) is 0 Å². The molecule has 0 aromatic heterocycles. The highest BCUT2D eigenvalue weighted by atomic mass is 35.5. The largest absolute Gasteiger partial charge is 0.272 e. The molecule has 3 rings (SSSR count).